The molecule has 0 aliphatic carbocycles. The fraction of sp³-hybridized carbons (Fsp3) is 0.200. The summed E-state index contributed by atoms with van der Waals surface area (Å²) in [4.78, 5) is 8.90. The highest BCUT2D eigenvalue weighted by Crippen LogP contribution is 2.31. The van der Waals surface area contributed by atoms with Crippen LogP contribution in [0.4, 0.5) is 5.13 Å². The van der Waals surface area contributed by atoms with Crippen LogP contribution < -0.4 is 0 Å². The van der Waals surface area contributed by atoms with Gasteiger partial charge < -0.3 is 0 Å². The fourth-order valence-electron chi connectivity index (χ4n) is 1.19. The number of benzene rings is 1. The van der Waals surface area contributed by atoms with Gasteiger partial charge in [0.25, 0.3) is 0 Å². The van der Waals surface area contributed by atoms with Gasteiger partial charge in [-0.3, -0.25) is 0 Å². The first-order chi connectivity index (χ1) is 7.72. The third-order valence-electron chi connectivity index (χ3n) is 1.88. The minimum absolute atomic E-state index is 0.738. The lowest BCUT2D eigenvalue weighted by molar-refractivity contribution is 1.42. The van der Waals surface area contributed by atoms with Crippen molar-refractivity contribution < 1.29 is 0 Å². The zero-order valence-corrected chi connectivity index (χ0v) is 11.9. The Balaban J connectivity index is 2.43. The number of aromatic nitrogens is 1. The molecule has 6 heteroatoms. The monoisotopic (exact) mass is 288 g/mol. The normalized spacial score (nSPS) is 10.7. The summed E-state index contributed by atoms with van der Waals surface area (Å²) in [5, 5.41) is 1.53. The van der Waals surface area contributed by atoms with E-state index in [9.17, 15) is 0 Å². The van der Waals surface area contributed by atoms with Crippen LogP contribution in [0.2, 0.25) is 5.02 Å². The van der Waals surface area contributed by atoms with Crippen LogP contribution in [0.3, 0.4) is 0 Å². The van der Waals surface area contributed by atoms with E-state index in [0.717, 1.165) is 24.7 Å². The summed E-state index contributed by atoms with van der Waals surface area (Å²) >= 11 is 10.7. The van der Waals surface area contributed by atoms with Crippen LogP contribution in [-0.4, -0.2) is 21.9 Å². The molecule has 1 aromatic carbocycles. The van der Waals surface area contributed by atoms with E-state index in [4.69, 9.17) is 11.6 Å². The number of aliphatic imine (C=N–C) groups is 1. The molecule has 0 fully saturated rings. The average molecular weight is 289 g/mol. The highest BCUT2D eigenvalue weighted by molar-refractivity contribution is 8.38. The van der Waals surface area contributed by atoms with Gasteiger partial charge in [0.2, 0.25) is 5.13 Å². The molecule has 0 amide bonds. The van der Waals surface area contributed by atoms with Gasteiger partial charge in [-0.25, -0.2) is 9.98 Å². The topological polar surface area (TPSA) is 25.2 Å². The predicted octanol–water partition coefficient (Wildman–Crippen LogP) is 4.66. The van der Waals surface area contributed by atoms with Gasteiger partial charge in [-0.05, 0) is 30.7 Å². The van der Waals surface area contributed by atoms with Gasteiger partial charge in [0.05, 0.1) is 10.2 Å². The van der Waals surface area contributed by atoms with Crippen LogP contribution >= 0.6 is 46.5 Å². The van der Waals surface area contributed by atoms with E-state index in [0.29, 0.717) is 0 Å². The summed E-state index contributed by atoms with van der Waals surface area (Å²) in [7, 11) is 0. The quantitative estimate of drug-likeness (QED) is 0.563. The molecule has 0 saturated heterocycles. The molecule has 0 atom stereocenters. The maximum absolute atomic E-state index is 5.92. The van der Waals surface area contributed by atoms with E-state index in [2.05, 4.69) is 9.98 Å². The van der Waals surface area contributed by atoms with Gasteiger partial charge >= 0.3 is 0 Å². The Morgan fingerprint density at radius 3 is 2.81 bits per heavy atom. The van der Waals surface area contributed by atoms with Crippen molar-refractivity contribution in [3.05, 3.63) is 23.2 Å². The second-order valence-electron chi connectivity index (χ2n) is 2.89. The second kappa shape index (κ2) is 5.40. The van der Waals surface area contributed by atoms with Crippen molar-refractivity contribution in [2.24, 2.45) is 4.99 Å². The summed E-state index contributed by atoms with van der Waals surface area (Å²) in [5.74, 6) is 0. The molecule has 16 heavy (non-hydrogen) atoms. The average Bonchev–Trinajstić information content (AvgIpc) is 2.67. The number of thiazole rings is 1. The highest BCUT2D eigenvalue weighted by atomic mass is 35.5. The molecule has 0 unspecified atom stereocenters. The first-order valence-electron chi connectivity index (χ1n) is 4.45. The molecule has 1 aromatic heterocycles. The van der Waals surface area contributed by atoms with E-state index >= 15 is 0 Å². The maximum atomic E-state index is 5.92. The summed E-state index contributed by atoms with van der Waals surface area (Å²) < 4.78 is 2.10. The van der Waals surface area contributed by atoms with Crippen molar-refractivity contribution in [1.29, 1.82) is 0 Å². The molecule has 2 nitrogen and oxygen atoms in total. The van der Waals surface area contributed by atoms with E-state index in [1.54, 1.807) is 34.9 Å². The maximum Gasteiger partial charge on any atom is 0.211 e. The fourth-order valence-corrected chi connectivity index (χ4v) is 3.44. The zero-order chi connectivity index (χ0) is 11.5. The summed E-state index contributed by atoms with van der Waals surface area (Å²) in [6.07, 6.45) is 4.03. The van der Waals surface area contributed by atoms with Gasteiger partial charge in [0.15, 0.2) is 0 Å². The summed E-state index contributed by atoms with van der Waals surface area (Å²) in [5.41, 5.74) is 0.953. The molecule has 2 aromatic rings. The standard InChI is InChI=1S/C10H9ClN2S3/c1-14-10(15-2)13-9-12-7-4-3-6(11)5-8(7)16-9/h3-5H,1-2H3. The molecular weight excluding hydrogens is 280 g/mol. The van der Waals surface area contributed by atoms with Crippen LogP contribution in [0.15, 0.2) is 23.2 Å². The third kappa shape index (κ3) is 2.71. The van der Waals surface area contributed by atoms with Crippen molar-refractivity contribution in [2.75, 3.05) is 12.5 Å². The van der Waals surface area contributed by atoms with Crippen molar-refractivity contribution in [1.82, 2.24) is 4.98 Å². The minimum atomic E-state index is 0.738. The lowest BCUT2D eigenvalue weighted by atomic mass is 10.3. The second-order valence-corrected chi connectivity index (χ2v) is 6.19. The van der Waals surface area contributed by atoms with Crippen molar-refractivity contribution >= 4 is 66.2 Å². The summed E-state index contributed by atoms with van der Waals surface area (Å²) in [6.45, 7) is 0. The van der Waals surface area contributed by atoms with Crippen LogP contribution in [0, 0.1) is 0 Å². The van der Waals surface area contributed by atoms with Crippen LogP contribution in [0.1, 0.15) is 0 Å². The van der Waals surface area contributed by atoms with Gasteiger partial charge in [-0.2, -0.15) is 0 Å². The van der Waals surface area contributed by atoms with Crippen molar-refractivity contribution in [3.8, 4) is 0 Å². The van der Waals surface area contributed by atoms with Gasteiger partial charge in [-0.15, -0.1) is 23.5 Å². The van der Waals surface area contributed by atoms with Gasteiger partial charge in [0.1, 0.15) is 4.38 Å². The number of halogens is 1. The Morgan fingerprint density at radius 2 is 2.12 bits per heavy atom. The lowest BCUT2D eigenvalue weighted by Crippen LogP contribution is -1.79. The van der Waals surface area contributed by atoms with Crippen LogP contribution in [0.25, 0.3) is 10.2 Å². The molecule has 1 heterocycles. The molecule has 0 aliphatic heterocycles. The first-order valence-corrected chi connectivity index (χ1v) is 8.10. The summed E-state index contributed by atoms with van der Waals surface area (Å²) in [6, 6.07) is 5.69. The highest BCUT2D eigenvalue weighted by Gasteiger charge is 2.04. The Hall–Kier alpha value is -0.230. The van der Waals surface area contributed by atoms with Crippen LogP contribution in [-0.2, 0) is 0 Å². The number of rotatable bonds is 1. The van der Waals surface area contributed by atoms with Gasteiger partial charge in [-0.1, -0.05) is 22.9 Å². The third-order valence-corrected chi connectivity index (χ3v) is 4.90. The van der Waals surface area contributed by atoms with E-state index in [1.165, 1.54) is 0 Å². The molecule has 84 valence electrons. The molecule has 0 bridgehead atoms. The van der Waals surface area contributed by atoms with Crippen molar-refractivity contribution in [3.63, 3.8) is 0 Å². The van der Waals surface area contributed by atoms with E-state index < -0.39 is 0 Å². The van der Waals surface area contributed by atoms with Crippen molar-refractivity contribution in [2.45, 2.75) is 0 Å². The Labute approximate surface area is 112 Å². The minimum Gasteiger partial charge on any atom is -0.218 e. The largest absolute Gasteiger partial charge is 0.218 e. The lowest BCUT2D eigenvalue weighted by Gasteiger charge is -1.93. The van der Waals surface area contributed by atoms with E-state index in [1.807, 2.05) is 30.7 Å². The first kappa shape index (κ1) is 12.2. The number of hydrogen-bond acceptors (Lipinski definition) is 5. The Morgan fingerprint density at radius 1 is 1.38 bits per heavy atom. The smallest absolute Gasteiger partial charge is 0.211 e. The number of thioether (sulfide) groups is 2. The molecular formula is C10H9ClN2S3. The Bertz CT molecular complexity index is 530. The number of fused-ring (bicyclic) bond motifs is 1. The van der Waals surface area contributed by atoms with Gasteiger partial charge in [0, 0.05) is 5.02 Å². The number of nitrogens with zero attached hydrogens (tertiary/aromatic N) is 2. The predicted molar refractivity (Wildman–Crippen MR) is 78.8 cm³/mol. The molecule has 2 rings (SSSR count). The SMILES string of the molecule is CSC(=Nc1nc2ccc(Cl)cc2s1)SC. The molecule has 0 aliphatic rings. The molecule has 0 spiro atoms. The zero-order valence-electron chi connectivity index (χ0n) is 8.73. The van der Waals surface area contributed by atoms with E-state index in [-0.39, 0.29) is 0 Å². The molecule has 0 saturated carbocycles. The molecule has 0 radical (unpaired) electrons. The Kier molecular flexibility index (Phi) is 4.13. The molecule has 0 N–H and O–H groups in total. The number of hydrogen-bond donors (Lipinski definition) is 0. The van der Waals surface area contributed by atoms with Crippen LogP contribution in [0.5, 0.6) is 0 Å².